The van der Waals surface area contributed by atoms with Gasteiger partial charge < -0.3 is 15.0 Å². The second-order valence-electron chi connectivity index (χ2n) is 7.71. The Kier molecular flexibility index (Phi) is 6.39. The van der Waals surface area contributed by atoms with E-state index in [1.165, 1.54) is 0 Å². The van der Waals surface area contributed by atoms with Gasteiger partial charge in [-0.2, -0.15) is 0 Å². The number of carbonyl (C=O) groups is 2. The van der Waals surface area contributed by atoms with E-state index in [0.717, 1.165) is 17.7 Å². The molecule has 1 atom stereocenters. The third-order valence-electron chi connectivity index (χ3n) is 5.55. The third kappa shape index (κ3) is 4.74. The molecule has 2 amide bonds. The second kappa shape index (κ2) is 9.55. The zero-order valence-electron chi connectivity index (χ0n) is 18.1. The van der Waals surface area contributed by atoms with Crippen LogP contribution in [0.2, 0.25) is 0 Å². The van der Waals surface area contributed by atoms with Crippen molar-refractivity contribution in [3.8, 4) is 5.75 Å². The van der Waals surface area contributed by atoms with Gasteiger partial charge in [0.15, 0.2) is 0 Å². The van der Waals surface area contributed by atoms with Crippen LogP contribution >= 0.6 is 0 Å². The zero-order valence-corrected chi connectivity index (χ0v) is 18.1. The van der Waals surface area contributed by atoms with Gasteiger partial charge >= 0.3 is 0 Å². The number of likely N-dealkylation sites (tertiary alicyclic amines) is 1. The molecule has 1 fully saturated rings. The number of pyridine rings is 1. The fourth-order valence-corrected chi connectivity index (χ4v) is 3.77. The highest BCUT2D eigenvalue weighted by Gasteiger charge is 2.30. The molecule has 0 bridgehead atoms. The molecular formula is C24H25N5O3. The highest BCUT2D eigenvalue weighted by atomic mass is 16.5. The number of rotatable bonds is 6. The van der Waals surface area contributed by atoms with E-state index in [-0.39, 0.29) is 17.7 Å². The minimum Gasteiger partial charge on any atom is -0.497 e. The van der Waals surface area contributed by atoms with Crippen LogP contribution in [-0.2, 0) is 6.54 Å². The molecule has 164 valence electrons. The van der Waals surface area contributed by atoms with Crippen LogP contribution in [0.3, 0.4) is 0 Å². The molecule has 0 unspecified atom stereocenters. The lowest BCUT2D eigenvalue weighted by Gasteiger charge is -2.16. The van der Waals surface area contributed by atoms with Crippen LogP contribution in [0.15, 0.2) is 54.9 Å². The van der Waals surface area contributed by atoms with Crippen LogP contribution in [0, 0.1) is 6.92 Å². The summed E-state index contributed by atoms with van der Waals surface area (Å²) in [6, 6.07) is 12.9. The van der Waals surface area contributed by atoms with Gasteiger partial charge in [-0.05, 0) is 43.2 Å². The quantitative estimate of drug-likeness (QED) is 0.645. The number of methoxy groups -OCH3 is 1. The molecule has 1 aliphatic heterocycles. The van der Waals surface area contributed by atoms with Crippen molar-refractivity contribution in [3.63, 3.8) is 0 Å². The Hall–Kier alpha value is -3.81. The summed E-state index contributed by atoms with van der Waals surface area (Å²) in [6.45, 7) is 3.35. The summed E-state index contributed by atoms with van der Waals surface area (Å²) in [7, 11) is 1.61. The summed E-state index contributed by atoms with van der Waals surface area (Å²) in [5, 5.41) is 2.90. The summed E-state index contributed by atoms with van der Waals surface area (Å²) in [6.07, 6.45) is 3.96. The minimum absolute atomic E-state index is 0.0373. The molecule has 4 rings (SSSR count). The number of nitrogens with zero attached hydrogens (tertiary/aromatic N) is 4. The number of amides is 2. The van der Waals surface area contributed by atoms with E-state index in [4.69, 9.17) is 4.74 Å². The van der Waals surface area contributed by atoms with E-state index >= 15 is 0 Å². The Balaban J connectivity index is 1.38. The average Bonchev–Trinajstić information content (AvgIpc) is 3.33. The largest absolute Gasteiger partial charge is 0.497 e. The number of aromatic nitrogens is 3. The maximum Gasteiger partial charge on any atom is 0.272 e. The van der Waals surface area contributed by atoms with Crippen molar-refractivity contribution in [1.29, 1.82) is 0 Å². The number of ether oxygens (including phenoxy) is 1. The van der Waals surface area contributed by atoms with Crippen LogP contribution in [0.5, 0.6) is 5.75 Å². The molecule has 8 heteroatoms. The standard InChI is InChI=1S/C24H25N5O3/c1-16-20(23(30)27-13-17-6-5-7-19(12-17)32-2)14-26-22(28-16)18-9-11-29(15-18)24(31)21-8-3-4-10-25-21/h3-8,10,12,14,18H,9,11,13,15H2,1-2H3,(H,27,30)/t18-/m0/s1. The van der Waals surface area contributed by atoms with Crippen molar-refractivity contribution in [2.45, 2.75) is 25.8 Å². The van der Waals surface area contributed by atoms with Gasteiger partial charge in [0, 0.05) is 37.9 Å². The molecule has 1 saturated heterocycles. The average molecular weight is 431 g/mol. The number of benzene rings is 1. The van der Waals surface area contributed by atoms with Gasteiger partial charge in [0.25, 0.3) is 11.8 Å². The van der Waals surface area contributed by atoms with Crippen LogP contribution in [-0.4, -0.2) is 51.9 Å². The van der Waals surface area contributed by atoms with Crippen LogP contribution in [0.1, 0.15) is 50.3 Å². The lowest BCUT2D eigenvalue weighted by Crippen LogP contribution is -2.29. The summed E-state index contributed by atoms with van der Waals surface area (Å²) in [4.78, 5) is 40.2. The van der Waals surface area contributed by atoms with E-state index < -0.39 is 0 Å². The van der Waals surface area contributed by atoms with Crippen LogP contribution in [0.25, 0.3) is 0 Å². The van der Waals surface area contributed by atoms with Crippen molar-refractivity contribution in [3.05, 3.63) is 83.2 Å². The molecule has 1 aliphatic rings. The first-order valence-corrected chi connectivity index (χ1v) is 10.5. The van der Waals surface area contributed by atoms with Gasteiger partial charge in [0.1, 0.15) is 17.3 Å². The van der Waals surface area contributed by atoms with E-state index in [0.29, 0.717) is 42.4 Å². The fraction of sp³-hybridized carbons (Fsp3) is 0.292. The fourth-order valence-electron chi connectivity index (χ4n) is 3.77. The summed E-state index contributed by atoms with van der Waals surface area (Å²) >= 11 is 0. The normalized spacial score (nSPS) is 15.4. The molecule has 8 nitrogen and oxygen atoms in total. The SMILES string of the molecule is COc1cccc(CNC(=O)c2cnc([C@H]3CCN(C(=O)c4ccccn4)C3)nc2C)c1. The van der Waals surface area contributed by atoms with Gasteiger partial charge in [-0.25, -0.2) is 9.97 Å². The highest BCUT2D eigenvalue weighted by Crippen LogP contribution is 2.26. The summed E-state index contributed by atoms with van der Waals surface area (Å²) in [5.74, 6) is 1.12. The Morgan fingerprint density at radius 3 is 2.81 bits per heavy atom. The number of carbonyl (C=O) groups excluding carboxylic acids is 2. The zero-order chi connectivity index (χ0) is 22.5. The minimum atomic E-state index is -0.227. The molecule has 1 N–H and O–H groups in total. The topological polar surface area (TPSA) is 97.3 Å². The van der Waals surface area contributed by atoms with Crippen molar-refractivity contribution in [1.82, 2.24) is 25.2 Å². The van der Waals surface area contributed by atoms with Crippen molar-refractivity contribution >= 4 is 11.8 Å². The van der Waals surface area contributed by atoms with E-state index in [2.05, 4.69) is 20.3 Å². The second-order valence-corrected chi connectivity index (χ2v) is 7.71. The van der Waals surface area contributed by atoms with Gasteiger partial charge in [-0.15, -0.1) is 0 Å². The van der Waals surface area contributed by atoms with Gasteiger partial charge in [0.05, 0.1) is 18.4 Å². The lowest BCUT2D eigenvalue weighted by atomic mass is 10.1. The monoisotopic (exact) mass is 431 g/mol. The Morgan fingerprint density at radius 1 is 1.19 bits per heavy atom. The van der Waals surface area contributed by atoms with E-state index in [9.17, 15) is 9.59 Å². The van der Waals surface area contributed by atoms with Crippen molar-refractivity contribution < 1.29 is 14.3 Å². The van der Waals surface area contributed by atoms with Crippen LogP contribution < -0.4 is 10.1 Å². The number of hydrogen-bond donors (Lipinski definition) is 1. The molecule has 2 aromatic heterocycles. The first kappa shape index (κ1) is 21.4. The molecule has 0 spiro atoms. The Bertz CT molecular complexity index is 1120. The first-order chi connectivity index (χ1) is 15.5. The van der Waals surface area contributed by atoms with Gasteiger partial charge in [0.2, 0.25) is 0 Å². The molecular weight excluding hydrogens is 406 g/mol. The maximum atomic E-state index is 12.6. The Morgan fingerprint density at radius 2 is 2.06 bits per heavy atom. The molecule has 3 heterocycles. The number of nitrogens with one attached hydrogen (secondary N) is 1. The first-order valence-electron chi connectivity index (χ1n) is 10.5. The summed E-state index contributed by atoms with van der Waals surface area (Å²) in [5.41, 5.74) is 2.44. The smallest absolute Gasteiger partial charge is 0.272 e. The van der Waals surface area contributed by atoms with E-state index in [1.54, 1.807) is 49.5 Å². The lowest BCUT2D eigenvalue weighted by molar-refractivity contribution is 0.0784. The predicted molar refractivity (Wildman–Crippen MR) is 118 cm³/mol. The molecule has 0 aliphatic carbocycles. The van der Waals surface area contributed by atoms with E-state index in [1.807, 2.05) is 24.3 Å². The molecule has 1 aromatic carbocycles. The van der Waals surface area contributed by atoms with Gasteiger partial charge in [-0.3, -0.25) is 14.6 Å². The molecule has 0 radical (unpaired) electrons. The van der Waals surface area contributed by atoms with Crippen molar-refractivity contribution in [2.24, 2.45) is 0 Å². The van der Waals surface area contributed by atoms with Crippen molar-refractivity contribution in [2.75, 3.05) is 20.2 Å². The maximum absolute atomic E-state index is 12.6. The molecule has 0 saturated carbocycles. The molecule has 32 heavy (non-hydrogen) atoms. The summed E-state index contributed by atoms with van der Waals surface area (Å²) < 4.78 is 5.21. The number of hydrogen-bond acceptors (Lipinski definition) is 6. The highest BCUT2D eigenvalue weighted by molar-refractivity contribution is 5.95. The van der Waals surface area contributed by atoms with Crippen LogP contribution in [0.4, 0.5) is 0 Å². The third-order valence-corrected chi connectivity index (χ3v) is 5.55. The molecule has 3 aromatic rings. The Labute approximate surface area is 186 Å². The van der Waals surface area contributed by atoms with Gasteiger partial charge in [-0.1, -0.05) is 18.2 Å². The predicted octanol–water partition coefficient (Wildman–Crippen LogP) is 2.75. The number of aryl methyl sites for hydroxylation is 1.